The molecule has 2 heteroatoms. The highest BCUT2D eigenvalue weighted by Gasteiger charge is 2.09. The van der Waals surface area contributed by atoms with Crippen molar-refractivity contribution in [2.75, 3.05) is 0 Å². The molecule has 0 aliphatic rings. The maximum absolute atomic E-state index is 5.91. The Hall–Kier alpha value is -2.06. The monoisotopic (exact) mass is 278 g/mol. The number of nitrogens with two attached hydrogens (primary N) is 1. The molecule has 0 spiro atoms. The van der Waals surface area contributed by atoms with Crippen LogP contribution in [0, 0.1) is 0 Å². The number of aryl methyl sites for hydroxylation is 1. The minimum atomic E-state index is 0.251. The molecular formula is C19H22N2. The molecule has 0 radical (unpaired) electrons. The summed E-state index contributed by atoms with van der Waals surface area (Å²) >= 11 is 0. The number of nitrogens with zero attached hydrogens (tertiary/aromatic N) is 1. The first kappa shape index (κ1) is 13.9. The summed E-state index contributed by atoms with van der Waals surface area (Å²) < 4.78 is 2.35. The third-order valence-electron chi connectivity index (χ3n) is 3.94. The Morgan fingerprint density at radius 1 is 1.00 bits per heavy atom. The maximum atomic E-state index is 5.91. The summed E-state index contributed by atoms with van der Waals surface area (Å²) in [5.74, 6) is 0. The molecule has 2 N–H and O–H groups in total. The van der Waals surface area contributed by atoms with Crippen LogP contribution in [0.3, 0.4) is 0 Å². The van der Waals surface area contributed by atoms with Crippen molar-refractivity contribution in [1.82, 2.24) is 4.57 Å². The number of hydrogen-bond acceptors (Lipinski definition) is 1. The number of aromatic nitrogens is 1. The lowest BCUT2D eigenvalue weighted by atomic mass is 10.1. The smallest absolute Gasteiger partial charge is 0.0486 e. The third kappa shape index (κ3) is 3.17. The van der Waals surface area contributed by atoms with E-state index in [1.807, 2.05) is 0 Å². The number of rotatable bonds is 5. The van der Waals surface area contributed by atoms with E-state index in [2.05, 4.69) is 72.3 Å². The summed E-state index contributed by atoms with van der Waals surface area (Å²) in [5, 5.41) is 1.36. The van der Waals surface area contributed by atoms with E-state index < -0.39 is 0 Å². The van der Waals surface area contributed by atoms with Crippen LogP contribution in [-0.4, -0.2) is 10.6 Å². The van der Waals surface area contributed by atoms with Crippen molar-refractivity contribution in [3.05, 3.63) is 71.9 Å². The highest BCUT2D eigenvalue weighted by molar-refractivity contribution is 5.84. The zero-order chi connectivity index (χ0) is 14.7. The molecule has 0 aliphatic carbocycles. The Balaban J connectivity index is 1.95. The van der Waals surface area contributed by atoms with E-state index in [9.17, 15) is 0 Å². The van der Waals surface area contributed by atoms with Crippen molar-refractivity contribution in [3.63, 3.8) is 0 Å². The quantitative estimate of drug-likeness (QED) is 0.752. The van der Waals surface area contributed by atoms with E-state index in [1.54, 1.807) is 0 Å². The van der Waals surface area contributed by atoms with Crippen LogP contribution in [0.2, 0.25) is 0 Å². The first-order valence-corrected chi connectivity index (χ1v) is 7.60. The minimum Gasteiger partial charge on any atom is -0.343 e. The summed E-state index contributed by atoms with van der Waals surface area (Å²) in [6.07, 6.45) is 4.36. The van der Waals surface area contributed by atoms with Crippen LogP contribution in [0.15, 0.2) is 60.8 Å². The second-order valence-corrected chi connectivity index (χ2v) is 5.80. The molecule has 2 aromatic carbocycles. The van der Waals surface area contributed by atoms with Gasteiger partial charge in [0.2, 0.25) is 0 Å². The fraction of sp³-hybridized carbons (Fsp3) is 0.263. The van der Waals surface area contributed by atoms with Gasteiger partial charge in [-0.2, -0.15) is 0 Å². The molecule has 1 aromatic heterocycles. The molecule has 2 nitrogen and oxygen atoms in total. The zero-order valence-corrected chi connectivity index (χ0v) is 12.5. The summed E-state index contributed by atoms with van der Waals surface area (Å²) in [4.78, 5) is 0. The third-order valence-corrected chi connectivity index (χ3v) is 3.94. The molecular weight excluding hydrogens is 256 g/mol. The van der Waals surface area contributed by atoms with Gasteiger partial charge < -0.3 is 10.3 Å². The van der Waals surface area contributed by atoms with Crippen molar-refractivity contribution in [1.29, 1.82) is 0 Å². The van der Waals surface area contributed by atoms with E-state index in [1.165, 1.54) is 22.0 Å². The second kappa shape index (κ2) is 6.15. The Bertz CT molecular complexity index is 711. The van der Waals surface area contributed by atoms with Crippen LogP contribution in [-0.2, 0) is 13.0 Å². The van der Waals surface area contributed by atoms with Crippen molar-refractivity contribution in [2.24, 2.45) is 5.73 Å². The van der Waals surface area contributed by atoms with Gasteiger partial charge >= 0.3 is 0 Å². The molecule has 0 saturated carbocycles. The Morgan fingerprint density at radius 2 is 1.71 bits per heavy atom. The summed E-state index contributed by atoms with van der Waals surface area (Å²) in [5.41, 5.74) is 9.95. The molecule has 0 aliphatic heterocycles. The Kier molecular flexibility index (Phi) is 4.07. The first-order valence-electron chi connectivity index (χ1n) is 7.60. The minimum absolute atomic E-state index is 0.251. The van der Waals surface area contributed by atoms with E-state index in [0.717, 1.165) is 19.4 Å². The van der Waals surface area contributed by atoms with Gasteiger partial charge in [-0.3, -0.25) is 0 Å². The molecule has 1 heterocycles. The van der Waals surface area contributed by atoms with Crippen molar-refractivity contribution in [3.8, 4) is 0 Å². The van der Waals surface area contributed by atoms with E-state index in [4.69, 9.17) is 5.73 Å². The number of hydrogen-bond donors (Lipinski definition) is 1. The van der Waals surface area contributed by atoms with Gasteiger partial charge in [0.05, 0.1) is 0 Å². The summed E-state index contributed by atoms with van der Waals surface area (Å²) in [6.45, 7) is 2.99. The first-order chi connectivity index (χ1) is 10.2. The highest BCUT2D eigenvalue weighted by atomic mass is 15.0. The van der Waals surface area contributed by atoms with E-state index in [-0.39, 0.29) is 6.04 Å². The molecule has 108 valence electrons. The summed E-state index contributed by atoms with van der Waals surface area (Å²) in [6, 6.07) is 19.5. The molecule has 0 saturated heterocycles. The normalized spacial score (nSPS) is 12.7. The van der Waals surface area contributed by atoms with Crippen LogP contribution < -0.4 is 5.73 Å². The maximum Gasteiger partial charge on any atom is 0.0486 e. The SMILES string of the molecule is C[C@@H](N)CCc1cn(Cc2ccccc2)c2ccccc12. The fourth-order valence-corrected chi connectivity index (χ4v) is 2.82. The molecule has 1 atom stereocenters. The van der Waals surface area contributed by atoms with Crippen molar-refractivity contribution in [2.45, 2.75) is 32.4 Å². The van der Waals surface area contributed by atoms with E-state index in [0.29, 0.717) is 0 Å². The van der Waals surface area contributed by atoms with E-state index >= 15 is 0 Å². The number of benzene rings is 2. The van der Waals surface area contributed by atoms with Gasteiger partial charge in [-0.1, -0.05) is 48.5 Å². The molecule has 0 unspecified atom stereocenters. The lowest BCUT2D eigenvalue weighted by molar-refractivity contribution is 0.666. The topological polar surface area (TPSA) is 30.9 Å². The molecule has 21 heavy (non-hydrogen) atoms. The van der Waals surface area contributed by atoms with Gasteiger partial charge in [0.25, 0.3) is 0 Å². The molecule has 0 bridgehead atoms. The van der Waals surface area contributed by atoms with Gasteiger partial charge in [0, 0.05) is 29.7 Å². The van der Waals surface area contributed by atoms with Gasteiger partial charge in [-0.05, 0) is 37.0 Å². The number of fused-ring (bicyclic) bond motifs is 1. The van der Waals surface area contributed by atoms with Crippen LogP contribution in [0.25, 0.3) is 10.9 Å². The Labute approximate surface area is 126 Å². The van der Waals surface area contributed by atoms with Gasteiger partial charge in [0.15, 0.2) is 0 Å². The Morgan fingerprint density at radius 3 is 2.48 bits per heavy atom. The lowest BCUT2D eigenvalue weighted by Gasteiger charge is -2.05. The lowest BCUT2D eigenvalue weighted by Crippen LogP contribution is -2.15. The molecule has 3 rings (SSSR count). The predicted octanol–water partition coefficient (Wildman–Crippen LogP) is 3.97. The van der Waals surface area contributed by atoms with Gasteiger partial charge in [-0.25, -0.2) is 0 Å². The second-order valence-electron chi connectivity index (χ2n) is 5.80. The molecule has 0 amide bonds. The summed E-state index contributed by atoms with van der Waals surface area (Å²) in [7, 11) is 0. The predicted molar refractivity (Wildman–Crippen MR) is 89.5 cm³/mol. The standard InChI is InChI=1S/C19H22N2/c1-15(20)11-12-17-14-21(13-16-7-3-2-4-8-16)19-10-6-5-9-18(17)19/h2-10,14-15H,11-13,20H2,1H3/t15-/m1/s1. The molecule has 0 fully saturated rings. The average molecular weight is 278 g/mol. The van der Waals surface area contributed by atoms with Gasteiger partial charge in [0.1, 0.15) is 0 Å². The van der Waals surface area contributed by atoms with Crippen molar-refractivity contribution >= 4 is 10.9 Å². The largest absolute Gasteiger partial charge is 0.343 e. The van der Waals surface area contributed by atoms with Crippen molar-refractivity contribution < 1.29 is 0 Å². The van der Waals surface area contributed by atoms with Gasteiger partial charge in [-0.15, -0.1) is 0 Å². The highest BCUT2D eigenvalue weighted by Crippen LogP contribution is 2.23. The van der Waals surface area contributed by atoms with Crippen LogP contribution in [0.4, 0.5) is 0 Å². The fourth-order valence-electron chi connectivity index (χ4n) is 2.82. The van der Waals surface area contributed by atoms with Crippen LogP contribution in [0.5, 0.6) is 0 Å². The van der Waals surface area contributed by atoms with Crippen LogP contribution in [0.1, 0.15) is 24.5 Å². The zero-order valence-electron chi connectivity index (χ0n) is 12.5. The molecule has 3 aromatic rings. The van der Waals surface area contributed by atoms with Crippen LogP contribution >= 0.6 is 0 Å². The average Bonchev–Trinajstić information content (AvgIpc) is 2.85. The number of para-hydroxylation sites is 1.